The molecule has 6 heteroatoms. The zero-order valence-corrected chi connectivity index (χ0v) is 16.9. The Balaban J connectivity index is 1.74. The van der Waals surface area contributed by atoms with Crippen LogP contribution in [0.1, 0.15) is 39.6 Å². The number of aryl methyl sites for hydroxylation is 3. The number of rotatable bonds is 4. The van der Waals surface area contributed by atoms with E-state index in [0.29, 0.717) is 13.2 Å². The Morgan fingerprint density at radius 2 is 2.23 bits per heavy atom. The van der Waals surface area contributed by atoms with Gasteiger partial charge < -0.3 is 15.0 Å². The van der Waals surface area contributed by atoms with E-state index in [9.17, 15) is 0 Å². The van der Waals surface area contributed by atoms with Gasteiger partial charge in [-0.15, -0.1) is 11.3 Å². The fourth-order valence-corrected chi connectivity index (χ4v) is 3.97. The summed E-state index contributed by atoms with van der Waals surface area (Å²) in [6.07, 6.45) is 1.99. The monoisotopic (exact) mass is 372 g/mol. The second-order valence-corrected chi connectivity index (χ2v) is 8.02. The van der Waals surface area contributed by atoms with Crippen molar-refractivity contribution in [3.63, 3.8) is 0 Å². The van der Waals surface area contributed by atoms with Crippen molar-refractivity contribution in [2.75, 3.05) is 26.2 Å². The molecule has 1 fully saturated rings. The zero-order chi connectivity index (χ0) is 18.5. The molecule has 3 rings (SSSR count). The predicted octanol–water partition coefficient (Wildman–Crippen LogP) is 3.61. The number of hydrogen-bond donors (Lipinski definition) is 1. The second kappa shape index (κ2) is 8.64. The van der Waals surface area contributed by atoms with Crippen molar-refractivity contribution in [2.24, 2.45) is 4.99 Å². The molecular formula is C20H28N4OS. The molecule has 0 bridgehead atoms. The van der Waals surface area contributed by atoms with Gasteiger partial charge in [-0.1, -0.05) is 23.8 Å². The van der Waals surface area contributed by atoms with E-state index in [0.717, 1.165) is 30.6 Å². The number of aliphatic imine (C=N–C) groups is 1. The molecule has 1 unspecified atom stereocenters. The Kier molecular flexibility index (Phi) is 6.27. The van der Waals surface area contributed by atoms with Gasteiger partial charge in [-0.05, 0) is 38.8 Å². The van der Waals surface area contributed by atoms with E-state index >= 15 is 0 Å². The fourth-order valence-electron chi connectivity index (χ4n) is 3.26. The first-order valence-electron chi connectivity index (χ1n) is 9.20. The molecule has 2 aromatic rings. The molecule has 1 aliphatic heterocycles. The molecular weight excluding hydrogens is 344 g/mol. The molecule has 0 amide bonds. The molecule has 0 aliphatic carbocycles. The number of nitrogens with one attached hydrogen (secondary N) is 1. The molecule has 1 saturated heterocycles. The summed E-state index contributed by atoms with van der Waals surface area (Å²) in [6.45, 7) is 12.3. The van der Waals surface area contributed by atoms with Gasteiger partial charge in [-0.25, -0.2) is 9.98 Å². The van der Waals surface area contributed by atoms with Crippen LogP contribution in [0, 0.1) is 20.8 Å². The summed E-state index contributed by atoms with van der Waals surface area (Å²) >= 11 is 1.71. The maximum Gasteiger partial charge on any atom is 0.194 e. The topological polar surface area (TPSA) is 49.8 Å². The third-order valence-electron chi connectivity index (χ3n) is 4.51. The van der Waals surface area contributed by atoms with Crippen LogP contribution in [-0.2, 0) is 11.3 Å². The van der Waals surface area contributed by atoms with Crippen LogP contribution in [0.2, 0.25) is 0 Å². The maximum absolute atomic E-state index is 6.07. The molecule has 1 N–H and O–H groups in total. The minimum absolute atomic E-state index is 0.0790. The highest BCUT2D eigenvalue weighted by Gasteiger charge is 2.25. The van der Waals surface area contributed by atoms with Gasteiger partial charge in [0.2, 0.25) is 0 Å². The number of nitrogens with zero attached hydrogens (tertiary/aromatic N) is 3. The van der Waals surface area contributed by atoms with Crippen molar-refractivity contribution < 1.29 is 4.74 Å². The van der Waals surface area contributed by atoms with Crippen LogP contribution in [0.15, 0.2) is 29.4 Å². The highest BCUT2D eigenvalue weighted by atomic mass is 32.1. The van der Waals surface area contributed by atoms with Crippen LogP contribution in [0.25, 0.3) is 0 Å². The lowest BCUT2D eigenvalue weighted by Crippen LogP contribution is -2.48. The average molecular weight is 373 g/mol. The van der Waals surface area contributed by atoms with Crippen LogP contribution in [0.4, 0.5) is 0 Å². The summed E-state index contributed by atoms with van der Waals surface area (Å²) in [4.78, 5) is 12.8. The number of aromatic nitrogens is 1. The van der Waals surface area contributed by atoms with Gasteiger partial charge in [0.1, 0.15) is 11.1 Å². The molecule has 26 heavy (non-hydrogen) atoms. The number of hydrogen-bond acceptors (Lipinski definition) is 4. The SMILES string of the molecule is CCNC(=NCc1ncc(C)s1)N1CCOC(c2ccc(C)cc2C)C1. The van der Waals surface area contributed by atoms with Crippen LogP contribution >= 0.6 is 11.3 Å². The van der Waals surface area contributed by atoms with E-state index in [2.05, 4.69) is 61.1 Å². The van der Waals surface area contributed by atoms with Crippen LogP contribution in [-0.4, -0.2) is 42.1 Å². The first-order chi connectivity index (χ1) is 12.6. The summed E-state index contributed by atoms with van der Waals surface area (Å²) in [5.74, 6) is 0.943. The summed E-state index contributed by atoms with van der Waals surface area (Å²) in [7, 11) is 0. The lowest BCUT2D eigenvalue weighted by atomic mass is 10.00. The lowest BCUT2D eigenvalue weighted by molar-refractivity contribution is -0.00834. The Hall–Kier alpha value is -1.92. The largest absolute Gasteiger partial charge is 0.370 e. The predicted molar refractivity (Wildman–Crippen MR) is 108 cm³/mol. The quantitative estimate of drug-likeness (QED) is 0.658. The van der Waals surface area contributed by atoms with Crippen molar-refractivity contribution >= 4 is 17.3 Å². The number of ether oxygens (including phenoxy) is 1. The van der Waals surface area contributed by atoms with Crippen molar-refractivity contribution in [3.05, 3.63) is 51.0 Å². The first-order valence-corrected chi connectivity index (χ1v) is 10.0. The van der Waals surface area contributed by atoms with Gasteiger partial charge in [0, 0.05) is 24.2 Å². The Labute approximate surface area is 160 Å². The molecule has 140 valence electrons. The molecule has 0 radical (unpaired) electrons. The number of guanidine groups is 1. The van der Waals surface area contributed by atoms with Crippen molar-refractivity contribution in [3.8, 4) is 0 Å². The number of morpholine rings is 1. The van der Waals surface area contributed by atoms with Crippen LogP contribution in [0.3, 0.4) is 0 Å². The normalized spacial score (nSPS) is 18.2. The van der Waals surface area contributed by atoms with E-state index in [1.54, 1.807) is 11.3 Å². The summed E-state index contributed by atoms with van der Waals surface area (Å²) in [5.41, 5.74) is 3.84. The fraction of sp³-hybridized carbons (Fsp3) is 0.500. The van der Waals surface area contributed by atoms with Gasteiger partial charge in [-0.3, -0.25) is 0 Å². The number of benzene rings is 1. The van der Waals surface area contributed by atoms with E-state index in [-0.39, 0.29) is 6.10 Å². The van der Waals surface area contributed by atoms with Crippen LogP contribution < -0.4 is 5.32 Å². The van der Waals surface area contributed by atoms with Crippen molar-refractivity contribution in [2.45, 2.75) is 40.3 Å². The van der Waals surface area contributed by atoms with E-state index < -0.39 is 0 Å². The minimum Gasteiger partial charge on any atom is -0.370 e. The minimum atomic E-state index is 0.0790. The van der Waals surface area contributed by atoms with Gasteiger partial charge >= 0.3 is 0 Å². The standard InChI is InChI=1S/C20H28N4OS/c1-5-21-20(23-12-19-22-11-16(4)26-19)24-8-9-25-18(13-24)17-7-6-14(2)10-15(17)3/h6-7,10-11,18H,5,8-9,12-13H2,1-4H3,(H,21,23). The molecule has 1 aromatic heterocycles. The molecule has 1 aromatic carbocycles. The second-order valence-electron chi connectivity index (χ2n) is 6.70. The third-order valence-corrected chi connectivity index (χ3v) is 5.40. The smallest absolute Gasteiger partial charge is 0.194 e. The molecule has 1 aliphatic rings. The van der Waals surface area contributed by atoms with E-state index in [4.69, 9.17) is 9.73 Å². The average Bonchev–Trinajstić information content (AvgIpc) is 3.04. The van der Waals surface area contributed by atoms with Gasteiger partial charge in [0.15, 0.2) is 5.96 Å². The molecule has 0 spiro atoms. The Bertz CT molecular complexity index is 771. The Morgan fingerprint density at radius 3 is 2.92 bits per heavy atom. The molecule has 0 saturated carbocycles. The van der Waals surface area contributed by atoms with Gasteiger partial charge in [0.05, 0.1) is 19.7 Å². The zero-order valence-electron chi connectivity index (χ0n) is 16.1. The highest BCUT2D eigenvalue weighted by Crippen LogP contribution is 2.26. The molecule has 2 heterocycles. The summed E-state index contributed by atoms with van der Waals surface area (Å²) in [6, 6.07) is 6.58. The first kappa shape index (κ1) is 18.9. The number of thiazole rings is 1. The van der Waals surface area contributed by atoms with Crippen LogP contribution in [0.5, 0.6) is 0 Å². The molecule has 1 atom stereocenters. The van der Waals surface area contributed by atoms with E-state index in [1.165, 1.54) is 21.6 Å². The van der Waals surface area contributed by atoms with Gasteiger partial charge in [-0.2, -0.15) is 0 Å². The van der Waals surface area contributed by atoms with E-state index in [1.807, 2.05) is 6.20 Å². The molecule has 5 nitrogen and oxygen atoms in total. The highest BCUT2D eigenvalue weighted by molar-refractivity contribution is 7.11. The van der Waals surface area contributed by atoms with Crippen molar-refractivity contribution in [1.29, 1.82) is 0 Å². The maximum atomic E-state index is 6.07. The van der Waals surface area contributed by atoms with Gasteiger partial charge in [0.25, 0.3) is 0 Å². The summed E-state index contributed by atoms with van der Waals surface area (Å²) in [5, 5.41) is 4.48. The summed E-state index contributed by atoms with van der Waals surface area (Å²) < 4.78 is 6.07. The van der Waals surface area contributed by atoms with Crippen molar-refractivity contribution in [1.82, 2.24) is 15.2 Å². The third kappa shape index (κ3) is 4.62. The Morgan fingerprint density at radius 1 is 1.38 bits per heavy atom. The lowest BCUT2D eigenvalue weighted by Gasteiger charge is -2.35.